The topological polar surface area (TPSA) is 93.6 Å². The van der Waals surface area contributed by atoms with Gasteiger partial charge in [-0.25, -0.2) is 0 Å². The molecule has 0 saturated carbocycles. The second kappa shape index (κ2) is 8.57. The lowest BCUT2D eigenvalue weighted by Gasteiger charge is -2.09. The summed E-state index contributed by atoms with van der Waals surface area (Å²) in [4.78, 5) is 33.8. The molecular weight excluding hydrogens is 376 g/mol. The lowest BCUT2D eigenvalue weighted by molar-refractivity contribution is 0.0946. The molecule has 4 aromatic heterocycles. The van der Waals surface area contributed by atoms with Crippen molar-refractivity contribution >= 4 is 5.91 Å². The number of nitrogens with zero attached hydrogens (tertiary/aromatic N) is 5. The average Bonchev–Trinajstić information content (AvgIpc) is 2.78. The number of rotatable bonds is 5. The highest BCUT2D eigenvalue weighted by Crippen LogP contribution is 2.22. The van der Waals surface area contributed by atoms with Gasteiger partial charge < -0.3 is 5.32 Å². The number of carbonyl (C=O) groups is 1. The van der Waals surface area contributed by atoms with Gasteiger partial charge in [-0.2, -0.15) is 0 Å². The molecule has 1 N–H and O–H groups in total. The monoisotopic (exact) mass is 396 g/mol. The number of pyridine rings is 3. The fourth-order valence-corrected chi connectivity index (χ4v) is 3.13. The highest BCUT2D eigenvalue weighted by molar-refractivity contribution is 5.92. The zero-order valence-corrected chi connectivity index (χ0v) is 16.7. The van der Waals surface area contributed by atoms with Crippen molar-refractivity contribution in [2.45, 2.75) is 20.4 Å². The van der Waals surface area contributed by atoms with Crippen LogP contribution in [0.2, 0.25) is 0 Å². The first-order chi connectivity index (χ1) is 14.6. The number of hydrogen-bond acceptors (Lipinski definition) is 6. The number of nitrogens with one attached hydrogen (secondary N) is 1. The minimum Gasteiger partial charge on any atom is -0.347 e. The number of carbonyl (C=O) groups excluding carboxylic acids is 1. The summed E-state index contributed by atoms with van der Waals surface area (Å²) in [5, 5.41) is 2.89. The summed E-state index contributed by atoms with van der Waals surface area (Å²) >= 11 is 0. The van der Waals surface area contributed by atoms with Crippen LogP contribution in [0.1, 0.15) is 27.3 Å². The summed E-state index contributed by atoms with van der Waals surface area (Å²) in [5.74, 6) is -0.243. The van der Waals surface area contributed by atoms with Crippen LogP contribution < -0.4 is 5.32 Å². The van der Waals surface area contributed by atoms with Crippen molar-refractivity contribution in [3.05, 3.63) is 90.0 Å². The maximum atomic E-state index is 12.4. The Labute approximate surface area is 174 Å². The largest absolute Gasteiger partial charge is 0.347 e. The van der Waals surface area contributed by atoms with Gasteiger partial charge in [0.1, 0.15) is 5.69 Å². The molecule has 0 aliphatic rings. The fraction of sp³-hybridized carbons (Fsp3) is 0.130. The Morgan fingerprint density at radius 2 is 1.77 bits per heavy atom. The Balaban J connectivity index is 1.42. The van der Waals surface area contributed by atoms with E-state index in [0.717, 1.165) is 33.6 Å². The van der Waals surface area contributed by atoms with Crippen LogP contribution in [0.25, 0.3) is 22.5 Å². The lowest BCUT2D eigenvalue weighted by Crippen LogP contribution is -2.23. The van der Waals surface area contributed by atoms with E-state index in [1.807, 2.05) is 38.1 Å². The van der Waals surface area contributed by atoms with Crippen LogP contribution in [0, 0.1) is 13.8 Å². The maximum Gasteiger partial charge on any atom is 0.270 e. The minimum atomic E-state index is -0.243. The van der Waals surface area contributed by atoms with E-state index in [2.05, 4.69) is 30.2 Å². The van der Waals surface area contributed by atoms with Crippen molar-refractivity contribution in [1.82, 2.24) is 30.2 Å². The first-order valence-electron chi connectivity index (χ1n) is 9.49. The zero-order chi connectivity index (χ0) is 20.9. The molecule has 30 heavy (non-hydrogen) atoms. The van der Waals surface area contributed by atoms with Crippen molar-refractivity contribution in [2.24, 2.45) is 0 Å². The molecule has 0 spiro atoms. The van der Waals surface area contributed by atoms with E-state index >= 15 is 0 Å². The summed E-state index contributed by atoms with van der Waals surface area (Å²) in [6, 6.07) is 9.47. The van der Waals surface area contributed by atoms with E-state index in [0.29, 0.717) is 17.9 Å². The molecular formula is C23H20N6O. The molecule has 0 saturated heterocycles. The zero-order valence-electron chi connectivity index (χ0n) is 16.7. The number of aromatic nitrogens is 5. The summed E-state index contributed by atoms with van der Waals surface area (Å²) in [6.45, 7) is 4.34. The predicted octanol–water partition coefficient (Wildman–Crippen LogP) is 3.54. The summed E-state index contributed by atoms with van der Waals surface area (Å²) in [7, 11) is 0. The molecule has 0 unspecified atom stereocenters. The van der Waals surface area contributed by atoms with Gasteiger partial charge in [-0.1, -0.05) is 6.07 Å². The average molecular weight is 396 g/mol. The molecule has 4 heterocycles. The molecule has 0 aliphatic heterocycles. The van der Waals surface area contributed by atoms with Gasteiger partial charge in [0.15, 0.2) is 0 Å². The van der Waals surface area contributed by atoms with E-state index in [4.69, 9.17) is 0 Å². The number of aryl methyl sites for hydroxylation is 2. The van der Waals surface area contributed by atoms with Gasteiger partial charge in [0.25, 0.3) is 5.91 Å². The third-order valence-corrected chi connectivity index (χ3v) is 4.61. The molecule has 0 fully saturated rings. The van der Waals surface area contributed by atoms with Gasteiger partial charge in [0, 0.05) is 54.3 Å². The van der Waals surface area contributed by atoms with Crippen molar-refractivity contribution < 1.29 is 4.79 Å². The van der Waals surface area contributed by atoms with E-state index in [1.54, 1.807) is 43.2 Å². The Morgan fingerprint density at radius 1 is 0.867 bits per heavy atom. The van der Waals surface area contributed by atoms with Gasteiger partial charge in [-0.05, 0) is 49.2 Å². The van der Waals surface area contributed by atoms with Gasteiger partial charge in [-0.15, -0.1) is 0 Å². The quantitative estimate of drug-likeness (QED) is 0.555. The molecule has 4 aromatic rings. The van der Waals surface area contributed by atoms with Crippen LogP contribution in [-0.2, 0) is 6.54 Å². The first-order valence-corrected chi connectivity index (χ1v) is 9.49. The summed E-state index contributed by atoms with van der Waals surface area (Å²) < 4.78 is 0. The molecule has 148 valence electrons. The molecule has 0 bridgehead atoms. The van der Waals surface area contributed by atoms with Crippen molar-refractivity contribution in [2.75, 3.05) is 0 Å². The van der Waals surface area contributed by atoms with Crippen LogP contribution in [0.4, 0.5) is 0 Å². The smallest absolute Gasteiger partial charge is 0.270 e. The highest BCUT2D eigenvalue weighted by atomic mass is 16.1. The molecule has 7 heteroatoms. The minimum absolute atomic E-state index is 0.243. The Morgan fingerprint density at radius 3 is 2.47 bits per heavy atom. The van der Waals surface area contributed by atoms with E-state index in [9.17, 15) is 4.79 Å². The summed E-state index contributed by atoms with van der Waals surface area (Å²) in [5.41, 5.74) is 6.72. The first kappa shape index (κ1) is 19.3. The Hall–Kier alpha value is -4.00. The van der Waals surface area contributed by atoms with Crippen LogP contribution in [0.3, 0.4) is 0 Å². The van der Waals surface area contributed by atoms with Gasteiger partial charge in [-0.3, -0.25) is 29.7 Å². The Bertz CT molecular complexity index is 1180. The third-order valence-electron chi connectivity index (χ3n) is 4.61. The normalized spacial score (nSPS) is 10.6. The van der Waals surface area contributed by atoms with Crippen molar-refractivity contribution in [3.63, 3.8) is 0 Å². The molecule has 7 nitrogen and oxygen atoms in total. The third kappa shape index (κ3) is 4.35. The second-order valence-electron chi connectivity index (χ2n) is 6.90. The van der Waals surface area contributed by atoms with Gasteiger partial charge >= 0.3 is 0 Å². The number of hydrogen-bond donors (Lipinski definition) is 1. The van der Waals surface area contributed by atoms with E-state index < -0.39 is 0 Å². The van der Waals surface area contributed by atoms with Crippen LogP contribution in [0.15, 0.2) is 67.5 Å². The van der Waals surface area contributed by atoms with Gasteiger partial charge in [0.2, 0.25) is 0 Å². The fourth-order valence-electron chi connectivity index (χ4n) is 3.13. The van der Waals surface area contributed by atoms with E-state index in [-0.39, 0.29) is 5.91 Å². The standard InChI is InChI=1S/C23H20N6O/c1-15-9-17(11-28-22(15)18-5-6-25-16(2)10-18)12-29-23(30)20-4-3-19(13-27-20)21-14-24-7-8-26-21/h3-11,13-14H,12H2,1-2H3,(H,29,30). The lowest BCUT2D eigenvalue weighted by atomic mass is 10.1. The number of amides is 1. The van der Waals surface area contributed by atoms with Gasteiger partial charge in [0.05, 0.1) is 17.6 Å². The van der Waals surface area contributed by atoms with Crippen molar-refractivity contribution in [3.8, 4) is 22.5 Å². The van der Waals surface area contributed by atoms with E-state index in [1.165, 1.54) is 0 Å². The van der Waals surface area contributed by atoms with Crippen molar-refractivity contribution in [1.29, 1.82) is 0 Å². The maximum absolute atomic E-state index is 12.4. The van der Waals surface area contributed by atoms with Crippen LogP contribution >= 0.6 is 0 Å². The molecule has 0 aromatic carbocycles. The Kier molecular flexibility index (Phi) is 5.52. The van der Waals surface area contributed by atoms with Crippen LogP contribution in [0.5, 0.6) is 0 Å². The summed E-state index contributed by atoms with van der Waals surface area (Å²) in [6.07, 6.45) is 10.1. The highest BCUT2D eigenvalue weighted by Gasteiger charge is 2.10. The predicted molar refractivity (Wildman–Crippen MR) is 113 cm³/mol. The molecule has 4 rings (SSSR count). The molecule has 1 amide bonds. The van der Waals surface area contributed by atoms with Crippen LogP contribution in [-0.4, -0.2) is 30.8 Å². The second-order valence-corrected chi connectivity index (χ2v) is 6.90. The SMILES string of the molecule is Cc1cc(-c2ncc(CNC(=O)c3ccc(-c4cnccn4)cn3)cc2C)ccn1. The molecule has 0 aliphatic carbocycles. The molecule has 0 atom stereocenters. The molecule has 0 radical (unpaired) electrons.